The number of rotatable bonds is 10. The first kappa shape index (κ1) is 29.5. The van der Waals surface area contributed by atoms with Gasteiger partial charge in [0.05, 0.1) is 10.6 Å². The second-order valence-electron chi connectivity index (χ2n) is 9.29. The quantitative estimate of drug-likeness (QED) is 0.348. The van der Waals surface area contributed by atoms with Crippen LogP contribution in [-0.2, 0) is 26.2 Å². The highest BCUT2D eigenvalue weighted by molar-refractivity contribution is 7.92. The summed E-state index contributed by atoms with van der Waals surface area (Å²) in [6.07, 6.45) is 0. The Bertz CT molecular complexity index is 1360. The molecule has 3 aromatic rings. The van der Waals surface area contributed by atoms with E-state index in [1.807, 2.05) is 20.8 Å². The molecule has 0 spiro atoms. The average molecular weight is 577 g/mol. The number of anilines is 1. The van der Waals surface area contributed by atoms with Gasteiger partial charge in [0.15, 0.2) is 0 Å². The van der Waals surface area contributed by atoms with Gasteiger partial charge in [0, 0.05) is 22.6 Å². The van der Waals surface area contributed by atoms with Crippen LogP contribution >= 0.6 is 23.2 Å². The summed E-state index contributed by atoms with van der Waals surface area (Å²) in [6.45, 7) is 6.74. The minimum absolute atomic E-state index is 0.00914. The van der Waals surface area contributed by atoms with E-state index in [0.717, 1.165) is 15.4 Å². The highest BCUT2D eigenvalue weighted by Gasteiger charge is 2.32. The maximum Gasteiger partial charge on any atom is 0.264 e. The van der Waals surface area contributed by atoms with Crippen LogP contribution in [0.4, 0.5) is 5.69 Å². The Morgan fingerprint density at radius 2 is 1.37 bits per heavy atom. The van der Waals surface area contributed by atoms with Gasteiger partial charge in [-0.05, 0) is 81.8 Å². The minimum Gasteiger partial charge on any atom is -0.352 e. The lowest BCUT2D eigenvalue weighted by molar-refractivity contribution is -0.139. The molecule has 0 saturated carbocycles. The molecule has 0 radical (unpaired) electrons. The van der Waals surface area contributed by atoms with Gasteiger partial charge < -0.3 is 10.2 Å². The van der Waals surface area contributed by atoms with E-state index in [9.17, 15) is 18.0 Å². The molecule has 38 heavy (non-hydrogen) atoms. The lowest BCUT2D eigenvalue weighted by Crippen LogP contribution is -2.52. The van der Waals surface area contributed by atoms with E-state index in [0.29, 0.717) is 15.7 Å². The first-order valence-corrected chi connectivity index (χ1v) is 14.3. The lowest BCUT2D eigenvalue weighted by Gasteiger charge is -2.32. The van der Waals surface area contributed by atoms with Crippen LogP contribution < -0.4 is 9.62 Å². The first-order chi connectivity index (χ1) is 17.9. The molecule has 0 fully saturated rings. The molecular formula is C28H31Cl2N3O4S. The molecule has 0 bridgehead atoms. The maximum atomic E-state index is 13.8. The van der Waals surface area contributed by atoms with Crippen LogP contribution in [0.2, 0.25) is 10.0 Å². The van der Waals surface area contributed by atoms with Crippen LogP contribution in [0.25, 0.3) is 0 Å². The van der Waals surface area contributed by atoms with Crippen LogP contribution in [0.1, 0.15) is 31.9 Å². The fourth-order valence-electron chi connectivity index (χ4n) is 3.75. The number of sulfonamides is 1. The van der Waals surface area contributed by atoms with E-state index >= 15 is 0 Å². The van der Waals surface area contributed by atoms with Gasteiger partial charge in [-0.25, -0.2) is 8.42 Å². The van der Waals surface area contributed by atoms with Crippen molar-refractivity contribution in [2.24, 2.45) is 0 Å². The fraction of sp³-hybridized carbons (Fsp3) is 0.286. The predicted octanol–water partition coefficient (Wildman–Crippen LogP) is 5.44. The summed E-state index contributed by atoms with van der Waals surface area (Å²) in [5, 5.41) is 3.76. The van der Waals surface area contributed by atoms with Crippen molar-refractivity contribution in [1.82, 2.24) is 10.2 Å². The van der Waals surface area contributed by atoms with E-state index in [1.54, 1.807) is 55.5 Å². The summed E-state index contributed by atoms with van der Waals surface area (Å²) >= 11 is 12.0. The van der Waals surface area contributed by atoms with Crippen molar-refractivity contribution >= 4 is 50.7 Å². The number of aryl methyl sites for hydroxylation is 1. The van der Waals surface area contributed by atoms with Crippen molar-refractivity contribution in [2.75, 3.05) is 10.8 Å². The molecular weight excluding hydrogens is 545 g/mol. The zero-order valence-corrected chi connectivity index (χ0v) is 24.0. The monoisotopic (exact) mass is 575 g/mol. The van der Waals surface area contributed by atoms with Crippen molar-refractivity contribution in [3.63, 3.8) is 0 Å². The molecule has 0 aliphatic rings. The van der Waals surface area contributed by atoms with Crippen LogP contribution in [0.3, 0.4) is 0 Å². The maximum absolute atomic E-state index is 13.8. The van der Waals surface area contributed by atoms with Gasteiger partial charge >= 0.3 is 0 Å². The highest BCUT2D eigenvalue weighted by atomic mass is 35.5. The molecule has 0 heterocycles. The Kier molecular flexibility index (Phi) is 9.82. The minimum atomic E-state index is -4.15. The van der Waals surface area contributed by atoms with Crippen molar-refractivity contribution < 1.29 is 18.0 Å². The van der Waals surface area contributed by atoms with Crippen molar-refractivity contribution in [1.29, 1.82) is 0 Å². The topological polar surface area (TPSA) is 86.8 Å². The van der Waals surface area contributed by atoms with Gasteiger partial charge in [0.1, 0.15) is 12.6 Å². The zero-order chi connectivity index (χ0) is 28.0. The number of carbonyl (C=O) groups is 2. The Morgan fingerprint density at radius 3 is 1.89 bits per heavy atom. The Morgan fingerprint density at radius 1 is 0.842 bits per heavy atom. The van der Waals surface area contributed by atoms with E-state index in [1.165, 1.54) is 29.2 Å². The summed E-state index contributed by atoms with van der Waals surface area (Å²) < 4.78 is 28.6. The van der Waals surface area contributed by atoms with E-state index in [2.05, 4.69) is 5.32 Å². The van der Waals surface area contributed by atoms with Gasteiger partial charge in [-0.1, -0.05) is 53.0 Å². The van der Waals surface area contributed by atoms with Crippen LogP contribution in [0.15, 0.2) is 77.7 Å². The molecule has 0 unspecified atom stereocenters. The van der Waals surface area contributed by atoms with E-state index in [4.69, 9.17) is 23.2 Å². The molecule has 10 heteroatoms. The third-order valence-corrected chi connectivity index (χ3v) is 8.16. The molecule has 0 aliphatic heterocycles. The van der Waals surface area contributed by atoms with Gasteiger partial charge in [-0.3, -0.25) is 13.9 Å². The summed E-state index contributed by atoms with van der Waals surface area (Å²) in [5.74, 6) is -0.880. The molecule has 3 aromatic carbocycles. The molecule has 202 valence electrons. The largest absolute Gasteiger partial charge is 0.352 e. The van der Waals surface area contributed by atoms with Gasteiger partial charge in [0.2, 0.25) is 11.8 Å². The molecule has 0 aliphatic carbocycles. The molecule has 0 saturated heterocycles. The molecule has 7 nitrogen and oxygen atoms in total. The molecule has 1 N–H and O–H groups in total. The second-order valence-corrected chi connectivity index (χ2v) is 12.0. The Labute approximate surface area is 234 Å². The predicted molar refractivity (Wildman–Crippen MR) is 152 cm³/mol. The summed E-state index contributed by atoms with van der Waals surface area (Å²) in [5.41, 5.74) is 2.01. The van der Waals surface area contributed by atoms with Crippen molar-refractivity contribution in [3.8, 4) is 0 Å². The van der Waals surface area contributed by atoms with Crippen LogP contribution in [0, 0.1) is 6.92 Å². The number of nitrogens with zero attached hydrogens (tertiary/aromatic N) is 2. The number of carbonyl (C=O) groups excluding carboxylic acids is 2. The fourth-order valence-corrected chi connectivity index (χ4v) is 5.41. The van der Waals surface area contributed by atoms with Gasteiger partial charge in [-0.15, -0.1) is 0 Å². The number of nitrogens with one attached hydrogen (secondary N) is 1. The number of amides is 2. The summed E-state index contributed by atoms with van der Waals surface area (Å²) in [4.78, 5) is 28.1. The number of hydrogen-bond donors (Lipinski definition) is 1. The van der Waals surface area contributed by atoms with Crippen molar-refractivity contribution in [2.45, 2.75) is 51.2 Å². The number of benzene rings is 3. The Hall–Kier alpha value is -3.07. The van der Waals surface area contributed by atoms with E-state index < -0.39 is 28.5 Å². The first-order valence-electron chi connectivity index (χ1n) is 12.1. The molecule has 3 rings (SSSR count). The van der Waals surface area contributed by atoms with E-state index in [-0.39, 0.29) is 23.4 Å². The average Bonchev–Trinajstić information content (AvgIpc) is 2.87. The van der Waals surface area contributed by atoms with Crippen LogP contribution in [0.5, 0.6) is 0 Å². The molecule has 2 amide bonds. The normalized spacial score (nSPS) is 12.2. The molecule has 0 aromatic heterocycles. The van der Waals surface area contributed by atoms with Gasteiger partial charge in [-0.2, -0.15) is 0 Å². The Balaban J connectivity index is 2.02. The zero-order valence-electron chi connectivity index (χ0n) is 21.7. The highest BCUT2D eigenvalue weighted by Crippen LogP contribution is 2.26. The third-order valence-electron chi connectivity index (χ3n) is 5.87. The third kappa shape index (κ3) is 7.49. The van der Waals surface area contributed by atoms with Crippen LogP contribution in [-0.4, -0.2) is 43.8 Å². The van der Waals surface area contributed by atoms with Gasteiger partial charge in [0.25, 0.3) is 10.0 Å². The van der Waals surface area contributed by atoms with Crippen molar-refractivity contribution in [3.05, 3.63) is 94.0 Å². The SMILES string of the molecule is Cc1ccc(N(CC(=O)N(Cc2ccc(Cl)cc2)[C@@H](C)C(=O)NC(C)C)S(=O)(=O)c2ccc(Cl)cc2)cc1. The smallest absolute Gasteiger partial charge is 0.264 e. The second kappa shape index (κ2) is 12.7. The molecule has 1 atom stereocenters. The summed E-state index contributed by atoms with van der Waals surface area (Å²) in [6, 6.07) is 18.5. The number of hydrogen-bond acceptors (Lipinski definition) is 4. The standard InChI is InChI=1S/C28H31Cl2N3O4S/c1-19(2)31-28(35)21(4)32(17-22-7-9-23(29)10-8-22)27(34)18-33(25-13-5-20(3)6-14-25)38(36,37)26-15-11-24(30)12-16-26/h5-16,19,21H,17-18H2,1-4H3,(H,31,35)/t21-/m0/s1. The number of halogens is 2. The summed E-state index contributed by atoms with van der Waals surface area (Å²) in [7, 11) is -4.15. The lowest BCUT2D eigenvalue weighted by atomic mass is 10.1.